The van der Waals surface area contributed by atoms with Crippen molar-refractivity contribution in [1.29, 1.82) is 0 Å². The molecule has 0 saturated carbocycles. The molecular formula is C18H19NO3S. The summed E-state index contributed by atoms with van der Waals surface area (Å²) in [6.45, 7) is 2.17. The largest absolute Gasteiger partial charge is 0.493 e. The first-order valence-electron chi connectivity index (χ1n) is 7.96. The van der Waals surface area contributed by atoms with Gasteiger partial charge in [0.2, 0.25) is 0 Å². The third-order valence-corrected chi connectivity index (χ3v) is 5.39. The summed E-state index contributed by atoms with van der Waals surface area (Å²) < 4.78 is 11.6. The molecule has 3 heterocycles. The number of rotatable bonds is 4. The van der Waals surface area contributed by atoms with E-state index >= 15 is 0 Å². The van der Waals surface area contributed by atoms with Crippen LogP contribution in [0.15, 0.2) is 23.6 Å². The topological polar surface area (TPSA) is 38.8 Å². The molecule has 0 N–H and O–H groups in total. The average Bonchev–Trinajstić information content (AvgIpc) is 3.30. The summed E-state index contributed by atoms with van der Waals surface area (Å²) in [5.74, 6) is 2.13. The Labute approximate surface area is 139 Å². The van der Waals surface area contributed by atoms with Gasteiger partial charge in [-0.1, -0.05) is 6.07 Å². The first-order chi connectivity index (χ1) is 11.2. The van der Waals surface area contributed by atoms with E-state index < -0.39 is 0 Å². The van der Waals surface area contributed by atoms with Gasteiger partial charge in [0.25, 0.3) is 5.91 Å². The monoisotopic (exact) mass is 329 g/mol. The number of fused-ring (bicyclic) bond motifs is 2. The highest BCUT2D eigenvalue weighted by molar-refractivity contribution is 7.12. The third kappa shape index (κ3) is 2.59. The fourth-order valence-corrected chi connectivity index (χ4v) is 4.04. The fraction of sp³-hybridized carbons (Fsp3) is 0.389. The molecular weight excluding hydrogens is 310 g/mol. The molecule has 0 saturated heterocycles. The zero-order valence-corrected chi connectivity index (χ0v) is 13.9. The van der Waals surface area contributed by atoms with Crippen molar-refractivity contribution in [1.82, 2.24) is 4.90 Å². The number of thiophene rings is 1. The molecule has 2 aromatic rings. The summed E-state index contributed by atoms with van der Waals surface area (Å²) in [5, 5.41) is 1.93. The van der Waals surface area contributed by atoms with Gasteiger partial charge in [-0.15, -0.1) is 11.3 Å². The highest BCUT2D eigenvalue weighted by Crippen LogP contribution is 2.40. The van der Waals surface area contributed by atoms with Crippen LogP contribution in [0.5, 0.6) is 11.5 Å². The Bertz CT molecular complexity index is 707. The SMILES string of the molecule is CN(CCc1c2c(cc3c1OCC3)OCC2)C(=O)c1cccs1. The van der Waals surface area contributed by atoms with E-state index in [1.165, 1.54) is 28.0 Å². The Morgan fingerprint density at radius 2 is 2.17 bits per heavy atom. The summed E-state index contributed by atoms with van der Waals surface area (Å²) in [5.41, 5.74) is 3.74. The molecule has 4 rings (SSSR count). The Hall–Kier alpha value is -2.01. The third-order valence-electron chi connectivity index (χ3n) is 4.54. The molecule has 0 unspecified atom stereocenters. The first kappa shape index (κ1) is 14.6. The molecule has 1 aromatic carbocycles. The molecule has 2 aliphatic rings. The van der Waals surface area contributed by atoms with Crippen molar-refractivity contribution in [3.63, 3.8) is 0 Å². The van der Waals surface area contributed by atoms with Gasteiger partial charge in [0.05, 0.1) is 18.1 Å². The van der Waals surface area contributed by atoms with Crippen LogP contribution in [0.4, 0.5) is 0 Å². The van der Waals surface area contributed by atoms with Gasteiger partial charge in [-0.25, -0.2) is 0 Å². The minimum atomic E-state index is 0.0846. The maximum Gasteiger partial charge on any atom is 0.263 e. The summed E-state index contributed by atoms with van der Waals surface area (Å²) in [6.07, 6.45) is 2.69. The zero-order chi connectivity index (χ0) is 15.8. The molecule has 5 heteroatoms. The maximum absolute atomic E-state index is 12.4. The number of hydrogen-bond acceptors (Lipinski definition) is 4. The van der Waals surface area contributed by atoms with Crippen LogP contribution < -0.4 is 9.47 Å². The first-order valence-corrected chi connectivity index (χ1v) is 8.84. The van der Waals surface area contributed by atoms with Gasteiger partial charge in [0.1, 0.15) is 11.5 Å². The normalized spacial score (nSPS) is 14.8. The standard InChI is InChI=1S/C18H19NO3S/c1-19(18(20)16-3-2-10-23-16)7-4-14-13-6-9-21-15(13)11-12-5-8-22-17(12)14/h2-3,10-11H,4-9H2,1H3. The second kappa shape index (κ2) is 5.89. The highest BCUT2D eigenvalue weighted by atomic mass is 32.1. The predicted octanol–water partition coefficient (Wildman–Crippen LogP) is 2.93. The molecule has 0 fully saturated rings. The van der Waals surface area contributed by atoms with E-state index in [9.17, 15) is 4.79 Å². The number of benzene rings is 1. The molecule has 0 radical (unpaired) electrons. The van der Waals surface area contributed by atoms with Gasteiger partial charge in [-0.05, 0) is 23.9 Å². The summed E-state index contributed by atoms with van der Waals surface area (Å²) in [4.78, 5) is 15.0. The van der Waals surface area contributed by atoms with E-state index in [1.54, 1.807) is 4.90 Å². The highest BCUT2D eigenvalue weighted by Gasteiger charge is 2.26. The summed E-state index contributed by atoms with van der Waals surface area (Å²) >= 11 is 1.49. The Morgan fingerprint density at radius 3 is 3.00 bits per heavy atom. The van der Waals surface area contributed by atoms with Crippen LogP contribution in [0, 0.1) is 0 Å². The van der Waals surface area contributed by atoms with E-state index in [-0.39, 0.29) is 5.91 Å². The molecule has 0 atom stereocenters. The number of carbonyl (C=O) groups excluding carboxylic acids is 1. The van der Waals surface area contributed by atoms with Gasteiger partial charge >= 0.3 is 0 Å². The summed E-state index contributed by atoms with van der Waals surface area (Å²) in [6, 6.07) is 5.92. The van der Waals surface area contributed by atoms with E-state index in [2.05, 4.69) is 6.07 Å². The smallest absolute Gasteiger partial charge is 0.263 e. The van der Waals surface area contributed by atoms with Crippen LogP contribution in [0.25, 0.3) is 0 Å². The lowest BCUT2D eigenvalue weighted by molar-refractivity contribution is 0.0801. The van der Waals surface area contributed by atoms with Crippen LogP contribution in [-0.2, 0) is 19.3 Å². The molecule has 23 heavy (non-hydrogen) atoms. The number of nitrogens with zero attached hydrogens (tertiary/aromatic N) is 1. The van der Waals surface area contributed by atoms with Gasteiger partial charge in [0.15, 0.2) is 0 Å². The molecule has 4 nitrogen and oxygen atoms in total. The number of likely N-dealkylation sites (N-methyl/N-ethyl adjacent to an activating group) is 1. The second-order valence-corrected chi connectivity index (χ2v) is 6.92. The lowest BCUT2D eigenvalue weighted by atomic mass is 9.97. The molecule has 2 aliphatic heterocycles. The predicted molar refractivity (Wildman–Crippen MR) is 89.8 cm³/mol. The van der Waals surface area contributed by atoms with Crippen LogP contribution >= 0.6 is 11.3 Å². The van der Waals surface area contributed by atoms with Crippen LogP contribution in [0.1, 0.15) is 26.4 Å². The molecule has 1 aromatic heterocycles. The number of carbonyl (C=O) groups is 1. The van der Waals surface area contributed by atoms with Gasteiger partial charge < -0.3 is 14.4 Å². The zero-order valence-electron chi connectivity index (χ0n) is 13.1. The molecule has 0 aliphatic carbocycles. The van der Waals surface area contributed by atoms with Crippen LogP contribution in [0.3, 0.4) is 0 Å². The second-order valence-electron chi connectivity index (χ2n) is 5.97. The van der Waals surface area contributed by atoms with E-state index in [0.29, 0.717) is 6.54 Å². The number of hydrogen-bond donors (Lipinski definition) is 0. The lowest BCUT2D eigenvalue weighted by Crippen LogP contribution is -2.28. The van der Waals surface area contributed by atoms with Crippen LogP contribution in [-0.4, -0.2) is 37.6 Å². The van der Waals surface area contributed by atoms with Crippen LogP contribution in [0.2, 0.25) is 0 Å². The minimum Gasteiger partial charge on any atom is -0.493 e. The lowest BCUT2D eigenvalue weighted by Gasteiger charge is -2.18. The van der Waals surface area contributed by atoms with Crippen molar-refractivity contribution in [3.8, 4) is 11.5 Å². The summed E-state index contributed by atoms with van der Waals surface area (Å²) in [7, 11) is 1.86. The molecule has 0 spiro atoms. The van der Waals surface area contributed by atoms with Crippen molar-refractivity contribution >= 4 is 17.2 Å². The average molecular weight is 329 g/mol. The molecule has 0 bridgehead atoms. The minimum absolute atomic E-state index is 0.0846. The van der Waals surface area contributed by atoms with Gasteiger partial charge in [-0.3, -0.25) is 4.79 Å². The quantitative estimate of drug-likeness (QED) is 0.866. The van der Waals surface area contributed by atoms with E-state index in [1.807, 2.05) is 24.6 Å². The molecule has 120 valence electrons. The van der Waals surface area contributed by atoms with Crippen molar-refractivity contribution in [2.75, 3.05) is 26.8 Å². The van der Waals surface area contributed by atoms with Crippen molar-refractivity contribution in [3.05, 3.63) is 45.1 Å². The Morgan fingerprint density at radius 1 is 1.30 bits per heavy atom. The number of ether oxygens (including phenoxy) is 2. The van der Waals surface area contributed by atoms with Crippen molar-refractivity contribution in [2.24, 2.45) is 0 Å². The molecule has 1 amide bonds. The van der Waals surface area contributed by atoms with E-state index in [4.69, 9.17) is 9.47 Å². The van der Waals surface area contributed by atoms with E-state index in [0.717, 1.165) is 48.9 Å². The van der Waals surface area contributed by atoms with Crippen molar-refractivity contribution in [2.45, 2.75) is 19.3 Å². The van der Waals surface area contributed by atoms with Gasteiger partial charge in [0, 0.05) is 43.1 Å². The number of amides is 1. The Balaban J connectivity index is 1.54. The van der Waals surface area contributed by atoms with Gasteiger partial charge in [-0.2, -0.15) is 0 Å². The van der Waals surface area contributed by atoms with Crippen molar-refractivity contribution < 1.29 is 14.3 Å². The maximum atomic E-state index is 12.4. The fourth-order valence-electron chi connectivity index (χ4n) is 3.32. The Kier molecular flexibility index (Phi) is 3.73.